The summed E-state index contributed by atoms with van der Waals surface area (Å²) in [5, 5.41) is 0.841. The Labute approximate surface area is 120 Å². The Hall–Kier alpha value is -1.31. The molecule has 0 aromatic heterocycles. The first kappa shape index (κ1) is 14.1. The number of halogens is 1. The largest absolute Gasteiger partial charge is 0.330 e. The van der Waals surface area contributed by atoms with Gasteiger partial charge in [0.15, 0.2) is 0 Å². The summed E-state index contributed by atoms with van der Waals surface area (Å²) in [6, 6.07) is 18.6. The van der Waals surface area contributed by atoms with Crippen LogP contribution in [-0.2, 0) is 0 Å². The van der Waals surface area contributed by atoms with E-state index in [2.05, 4.69) is 37.3 Å². The van der Waals surface area contributed by atoms with Gasteiger partial charge in [-0.25, -0.2) is 0 Å². The molecule has 0 heterocycles. The molecule has 1 nitrogen and oxygen atoms in total. The van der Waals surface area contributed by atoms with Gasteiger partial charge in [0.05, 0.1) is 0 Å². The number of hydrogen-bond acceptors (Lipinski definition) is 1. The fourth-order valence-electron chi connectivity index (χ4n) is 2.65. The minimum Gasteiger partial charge on any atom is -0.330 e. The summed E-state index contributed by atoms with van der Waals surface area (Å²) in [6.07, 6.45) is 0.969. The molecule has 0 saturated carbocycles. The van der Waals surface area contributed by atoms with Crippen LogP contribution in [-0.4, -0.2) is 6.54 Å². The van der Waals surface area contributed by atoms with Crippen molar-refractivity contribution in [1.82, 2.24) is 0 Å². The molecular weight excluding hydrogens is 254 g/mol. The smallest absolute Gasteiger partial charge is 0.0440 e. The first-order valence-electron chi connectivity index (χ1n) is 6.73. The van der Waals surface area contributed by atoms with Crippen LogP contribution in [0.25, 0.3) is 0 Å². The molecule has 0 spiro atoms. The SMILES string of the molecule is CC(c1ccccc1Cl)C(CCN)c1ccccc1. The highest BCUT2D eigenvalue weighted by Gasteiger charge is 2.21. The van der Waals surface area contributed by atoms with E-state index in [1.54, 1.807) is 0 Å². The summed E-state index contributed by atoms with van der Waals surface area (Å²) in [5.74, 6) is 0.769. The highest BCUT2D eigenvalue weighted by Crippen LogP contribution is 2.37. The van der Waals surface area contributed by atoms with Crippen LogP contribution in [0.1, 0.15) is 36.3 Å². The summed E-state index contributed by atoms with van der Waals surface area (Å²) in [5.41, 5.74) is 8.32. The van der Waals surface area contributed by atoms with Gasteiger partial charge in [-0.2, -0.15) is 0 Å². The fourth-order valence-corrected chi connectivity index (χ4v) is 2.95. The first-order valence-corrected chi connectivity index (χ1v) is 7.11. The number of nitrogens with two attached hydrogens (primary N) is 1. The van der Waals surface area contributed by atoms with E-state index in [0.717, 1.165) is 11.4 Å². The van der Waals surface area contributed by atoms with Crippen molar-refractivity contribution in [3.05, 3.63) is 70.7 Å². The molecule has 0 aliphatic heterocycles. The van der Waals surface area contributed by atoms with Crippen LogP contribution >= 0.6 is 11.6 Å². The highest BCUT2D eigenvalue weighted by molar-refractivity contribution is 6.31. The molecule has 2 aromatic rings. The molecule has 0 radical (unpaired) electrons. The zero-order valence-corrected chi connectivity index (χ0v) is 12.0. The maximum atomic E-state index is 6.32. The second-order valence-corrected chi connectivity index (χ2v) is 5.31. The third-order valence-corrected chi connectivity index (χ3v) is 4.05. The molecule has 19 heavy (non-hydrogen) atoms. The van der Waals surface area contributed by atoms with Gasteiger partial charge in [-0.15, -0.1) is 0 Å². The van der Waals surface area contributed by atoms with E-state index < -0.39 is 0 Å². The predicted octanol–water partition coefficient (Wildman–Crippen LogP) is 4.58. The van der Waals surface area contributed by atoms with Gasteiger partial charge in [0.1, 0.15) is 0 Å². The van der Waals surface area contributed by atoms with Crippen LogP contribution in [0.15, 0.2) is 54.6 Å². The molecule has 0 fully saturated rings. The molecule has 2 heteroatoms. The van der Waals surface area contributed by atoms with E-state index in [1.165, 1.54) is 11.1 Å². The van der Waals surface area contributed by atoms with Gasteiger partial charge < -0.3 is 5.73 Å². The lowest BCUT2D eigenvalue weighted by Gasteiger charge is -2.25. The van der Waals surface area contributed by atoms with Gasteiger partial charge in [-0.3, -0.25) is 0 Å². The van der Waals surface area contributed by atoms with Crippen LogP contribution in [0.4, 0.5) is 0 Å². The van der Waals surface area contributed by atoms with Crippen LogP contribution in [0.2, 0.25) is 5.02 Å². The lowest BCUT2D eigenvalue weighted by Crippen LogP contribution is -2.14. The normalized spacial score (nSPS) is 14.1. The summed E-state index contributed by atoms with van der Waals surface area (Å²) in [4.78, 5) is 0. The molecule has 100 valence electrons. The lowest BCUT2D eigenvalue weighted by atomic mass is 9.80. The van der Waals surface area contributed by atoms with E-state index in [9.17, 15) is 0 Å². The van der Waals surface area contributed by atoms with Crippen molar-refractivity contribution in [2.24, 2.45) is 5.73 Å². The summed E-state index contributed by atoms with van der Waals surface area (Å²) < 4.78 is 0. The van der Waals surface area contributed by atoms with E-state index in [1.807, 2.05) is 24.3 Å². The average molecular weight is 274 g/mol. The minimum atomic E-state index is 0.361. The monoisotopic (exact) mass is 273 g/mol. The number of benzene rings is 2. The van der Waals surface area contributed by atoms with Crippen molar-refractivity contribution >= 4 is 11.6 Å². The van der Waals surface area contributed by atoms with E-state index >= 15 is 0 Å². The van der Waals surface area contributed by atoms with Gasteiger partial charge in [0.25, 0.3) is 0 Å². The molecule has 2 atom stereocenters. The predicted molar refractivity (Wildman–Crippen MR) is 82.7 cm³/mol. The first-order chi connectivity index (χ1) is 9.24. The van der Waals surface area contributed by atoms with Crippen LogP contribution in [0, 0.1) is 0 Å². The molecule has 0 saturated heterocycles. The second kappa shape index (κ2) is 6.74. The molecule has 0 amide bonds. The second-order valence-electron chi connectivity index (χ2n) is 4.90. The maximum Gasteiger partial charge on any atom is 0.0440 e. The Morgan fingerprint density at radius 2 is 1.63 bits per heavy atom. The molecule has 0 aliphatic carbocycles. The van der Waals surface area contributed by atoms with Crippen molar-refractivity contribution in [1.29, 1.82) is 0 Å². The molecule has 2 unspecified atom stereocenters. The Bertz CT molecular complexity index is 510. The zero-order valence-electron chi connectivity index (χ0n) is 11.2. The van der Waals surface area contributed by atoms with Crippen molar-refractivity contribution < 1.29 is 0 Å². The third-order valence-electron chi connectivity index (χ3n) is 3.70. The molecule has 2 rings (SSSR count). The Morgan fingerprint density at radius 1 is 1.00 bits per heavy atom. The summed E-state index contributed by atoms with van der Waals surface area (Å²) in [7, 11) is 0. The third kappa shape index (κ3) is 3.37. The molecule has 0 aliphatic rings. The minimum absolute atomic E-state index is 0.361. The van der Waals surface area contributed by atoms with Crippen molar-refractivity contribution in [3.63, 3.8) is 0 Å². The van der Waals surface area contributed by atoms with Gasteiger partial charge in [0.2, 0.25) is 0 Å². The summed E-state index contributed by atoms with van der Waals surface area (Å²) in [6.45, 7) is 2.92. The number of hydrogen-bond donors (Lipinski definition) is 1. The van der Waals surface area contributed by atoms with E-state index in [4.69, 9.17) is 17.3 Å². The van der Waals surface area contributed by atoms with Crippen LogP contribution in [0.3, 0.4) is 0 Å². The fraction of sp³-hybridized carbons (Fsp3) is 0.294. The Morgan fingerprint density at radius 3 is 2.26 bits per heavy atom. The molecule has 2 N–H and O–H groups in total. The highest BCUT2D eigenvalue weighted by atomic mass is 35.5. The van der Waals surface area contributed by atoms with Crippen molar-refractivity contribution in [2.75, 3.05) is 6.54 Å². The molecular formula is C17H20ClN. The Balaban J connectivity index is 2.32. The van der Waals surface area contributed by atoms with Gasteiger partial charge in [0, 0.05) is 5.02 Å². The van der Waals surface area contributed by atoms with Crippen LogP contribution < -0.4 is 5.73 Å². The standard InChI is InChI=1S/C17H20ClN/c1-13(16-9-5-6-10-17(16)18)15(11-12-19)14-7-3-2-4-8-14/h2-10,13,15H,11-12,19H2,1H3. The number of rotatable bonds is 5. The maximum absolute atomic E-state index is 6.32. The average Bonchev–Trinajstić information content (AvgIpc) is 2.45. The van der Waals surface area contributed by atoms with Gasteiger partial charge in [-0.05, 0) is 42.0 Å². The quantitative estimate of drug-likeness (QED) is 0.848. The Kier molecular flexibility index (Phi) is 5.00. The van der Waals surface area contributed by atoms with Gasteiger partial charge in [-0.1, -0.05) is 67.1 Å². The topological polar surface area (TPSA) is 26.0 Å². The lowest BCUT2D eigenvalue weighted by molar-refractivity contribution is 0.542. The van der Waals surface area contributed by atoms with E-state index in [0.29, 0.717) is 18.4 Å². The van der Waals surface area contributed by atoms with Crippen molar-refractivity contribution in [2.45, 2.75) is 25.2 Å². The van der Waals surface area contributed by atoms with Crippen LogP contribution in [0.5, 0.6) is 0 Å². The van der Waals surface area contributed by atoms with Gasteiger partial charge >= 0.3 is 0 Å². The van der Waals surface area contributed by atoms with E-state index in [-0.39, 0.29) is 0 Å². The zero-order chi connectivity index (χ0) is 13.7. The summed E-state index contributed by atoms with van der Waals surface area (Å²) >= 11 is 6.32. The molecule has 0 bridgehead atoms. The van der Waals surface area contributed by atoms with Crippen molar-refractivity contribution in [3.8, 4) is 0 Å². The molecule has 2 aromatic carbocycles.